The van der Waals surface area contributed by atoms with Crippen LogP contribution in [0, 0.1) is 11.6 Å². The smallest absolute Gasteiger partial charge is 0.338 e. The van der Waals surface area contributed by atoms with Crippen molar-refractivity contribution >= 4 is 11.9 Å². The van der Waals surface area contributed by atoms with E-state index in [1.807, 2.05) is 0 Å². The Bertz CT molecular complexity index is 1280. The van der Waals surface area contributed by atoms with Crippen LogP contribution in [0.5, 0.6) is 11.5 Å². The van der Waals surface area contributed by atoms with Gasteiger partial charge in [0.15, 0.2) is 11.6 Å². The van der Waals surface area contributed by atoms with E-state index in [0.29, 0.717) is 22.3 Å². The molecule has 0 spiro atoms. The first-order chi connectivity index (χ1) is 16.3. The lowest BCUT2D eigenvalue weighted by Crippen LogP contribution is -2.09. The SMILES string of the molecule is C=CC(=O)O/C=C\Oc1ccc(-c2ccc(-c3ccc(OC(=O)C(=C)C)c(F)c3)cc2)c(F)c1. The summed E-state index contributed by atoms with van der Waals surface area (Å²) in [6.07, 6.45) is 3.13. The van der Waals surface area contributed by atoms with Gasteiger partial charge in [0.25, 0.3) is 0 Å². The largest absolute Gasteiger partial charge is 0.462 e. The van der Waals surface area contributed by atoms with Crippen molar-refractivity contribution in [1.82, 2.24) is 0 Å². The predicted molar refractivity (Wildman–Crippen MR) is 124 cm³/mol. The molecule has 0 aromatic heterocycles. The summed E-state index contributed by atoms with van der Waals surface area (Å²) in [6.45, 7) is 8.19. The summed E-state index contributed by atoms with van der Waals surface area (Å²) >= 11 is 0. The molecule has 0 unspecified atom stereocenters. The van der Waals surface area contributed by atoms with Crippen molar-refractivity contribution in [3.8, 4) is 33.8 Å². The second-order valence-electron chi connectivity index (χ2n) is 7.07. The van der Waals surface area contributed by atoms with Crippen molar-refractivity contribution in [2.45, 2.75) is 6.92 Å². The lowest BCUT2D eigenvalue weighted by Gasteiger charge is -2.09. The number of esters is 2. The molecule has 7 heteroatoms. The summed E-state index contributed by atoms with van der Waals surface area (Å²) in [7, 11) is 0. The topological polar surface area (TPSA) is 61.8 Å². The third kappa shape index (κ3) is 6.04. The van der Waals surface area contributed by atoms with E-state index in [0.717, 1.165) is 18.6 Å². The fourth-order valence-electron chi connectivity index (χ4n) is 2.84. The molecule has 0 saturated heterocycles. The molecule has 0 N–H and O–H groups in total. The minimum atomic E-state index is -0.707. The summed E-state index contributed by atoms with van der Waals surface area (Å²) in [5.74, 6) is -2.53. The number of carbonyl (C=O) groups is 2. The van der Waals surface area contributed by atoms with E-state index in [2.05, 4.69) is 17.9 Å². The van der Waals surface area contributed by atoms with Crippen molar-refractivity contribution in [1.29, 1.82) is 0 Å². The van der Waals surface area contributed by atoms with Crippen LogP contribution in [0.25, 0.3) is 22.3 Å². The van der Waals surface area contributed by atoms with E-state index in [1.54, 1.807) is 42.5 Å². The first kappa shape index (κ1) is 24.1. The standard InChI is InChI=1S/C27H20F2O5/c1-4-26(30)33-14-13-32-21-10-11-22(23(28)16-21)19-7-5-18(6-8-19)20-9-12-25(24(29)15-20)34-27(31)17(2)3/h4-16H,1-2H2,3H3/b14-13-. The number of carbonyl (C=O) groups excluding carboxylic acids is 2. The average Bonchev–Trinajstić information content (AvgIpc) is 2.83. The Morgan fingerprint density at radius 2 is 1.53 bits per heavy atom. The van der Waals surface area contributed by atoms with Crippen LogP contribution >= 0.6 is 0 Å². The number of rotatable bonds is 8. The molecule has 3 aromatic carbocycles. The fourth-order valence-corrected chi connectivity index (χ4v) is 2.84. The summed E-state index contributed by atoms with van der Waals surface area (Å²) in [6, 6.07) is 15.4. The Kier molecular flexibility index (Phi) is 7.71. The van der Waals surface area contributed by atoms with Gasteiger partial charge in [-0.3, -0.25) is 0 Å². The van der Waals surface area contributed by atoms with Crippen LogP contribution in [-0.4, -0.2) is 11.9 Å². The lowest BCUT2D eigenvalue weighted by atomic mass is 10.00. The molecule has 3 rings (SSSR count). The Morgan fingerprint density at radius 1 is 0.853 bits per heavy atom. The molecule has 5 nitrogen and oxygen atoms in total. The minimum absolute atomic E-state index is 0.163. The quantitative estimate of drug-likeness (QED) is 0.169. The Morgan fingerprint density at radius 3 is 2.15 bits per heavy atom. The van der Waals surface area contributed by atoms with E-state index in [9.17, 15) is 18.4 Å². The van der Waals surface area contributed by atoms with E-state index >= 15 is 0 Å². The number of hydrogen-bond donors (Lipinski definition) is 0. The van der Waals surface area contributed by atoms with Gasteiger partial charge >= 0.3 is 11.9 Å². The van der Waals surface area contributed by atoms with E-state index < -0.39 is 23.6 Å². The third-order valence-corrected chi connectivity index (χ3v) is 4.56. The Labute approximate surface area is 195 Å². The molecule has 0 bridgehead atoms. The van der Waals surface area contributed by atoms with Gasteiger partial charge in [0.05, 0.1) is 0 Å². The van der Waals surface area contributed by atoms with Gasteiger partial charge < -0.3 is 14.2 Å². The molecule has 0 fully saturated rings. The van der Waals surface area contributed by atoms with Crippen molar-refractivity contribution in [3.05, 3.63) is 110 Å². The van der Waals surface area contributed by atoms with Gasteiger partial charge in [0.1, 0.15) is 24.1 Å². The highest BCUT2D eigenvalue weighted by Gasteiger charge is 2.12. The monoisotopic (exact) mass is 462 g/mol. The lowest BCUT2D eigenvalue weighted by molar-refractivity contribution is -0.132. The number of hydrogen-bond acceptors (Lipinski definition) is 5. The second kappa shape index (κ2) is 10.9. The van der Waals surface area contributed by atoms with Crippen LogP contribution in [0.1, 0.15) is 6.92 Å². The third-order valence-electron chi connectivity index (χ3n) is 4.56. The molecule has 0 amide bonds. The molecule has 0 atom stereocenters. The number of ether oxygens (including phenoxy) is 3. The summed E-state index contributed by atoms with van der Waals surface area (Å²) in [5, 5.41) is 0. The zero-order chi connectivity index (χ0) is 24.7. The fraction of sp³-hybridized carbons (Fsp3) is 0.0370. The molecular weight excluding hydrogens is 442 g/mol. The number of halogens is 2. The summed E-state index contributed by atoms with van der Waals surface area (Å²) in [4.78, 5) is 22.5. The van der Waals surface area contributed by atoms with Crippen molar-refractivity contribution in [3.63, 3.8) is 0 Å². The van der Waals surface area contributed by atoms with E-state index in [4.69, 9.17) is 9.47 Å². The summed E-state index contributed by atoms with van der Waals surface area (Å²) < 4.78 is 43.7. The highest BCUT2D eigenvalue weighted by Crippen LogP contribution is 2.30. The van der Waals surface area contributed by atoms with Crippen molar-refractivity contribution in [2.24, 2.45) is 0 Å². The zero-order valence-electron chi connectivity index (χ0n) is 18.2. The average molecular weight is 462 g/mol. The molecule has 0 saturated carbocycles. The molecule has 0 radical (unpaired) electrons. The first-order valence-electron chi connectivity index (χ1n) is 10.0. The van der Waals surface area contributed by atoms with Crippen LogP contribution in [0.2, 0.25) is 0 Å². The highest BCUT2D eigenvalue weighted by atomic mass is 19.1. The maximum absolute atomic E-state index is 14.6. The van der Waals surface area contributed by atoms with Crippen LogP contribution in [0.3, 0.4) is 0 Å². The molecular formula is C27H20F2O5. The zero-order valence-corrected chi connectivity index (χ0v) is 18.2. The maximum Gasteiger partial charge on any atom is 0.338 e. The van der Waals surface area contributed by atoms with Gasteiger partial charge in [0.2, 0.25) is 0 Å². The second-order valence-corrected chi connectivity index (χ2v) is 7.07. The van der Waals surface area contributed by atoms with Crippen molar-refractivity contribution < 1.29 is 32.6 Å². The highest BCUT2D eigenvalue weighted by molar-refractivity contribution is 5.89. The molecule has 0 aliphatic carbocycles. The van der Waals surface area contributed by atoms with Gasteiger partial charge in [-0.05, 0) is 47.9 Å². The Balaban J connectivity index is 1.72. The molecule has 172 valence electrons. The van der Waals surface area contributed by atoms with Crippen LogP contribution in [0.15, 0.2) is 98.0 Å². The number of benzene rings is 3. The van der Waals surface area contributed by atoms with Gasteiger partial charge in [-0.25, -0.2) is 18.4 Å². The molecule has 34 heavy (non-hydrogen) atoms. The van der Waals surface area contributed by atoms with Crippen LogP contribution in [-0.2, 0) is 14.3 Å². The molecule has 0 heterocycles. The predicted octanol–water partition coefficient (Wildman–Crippen LogP) is 6.36. The van der Waals surface area contributed by atoms with Gasteiger partial charge in [-0.1, -0.05) is 43.5 Å². The molecule has 0 aliphatic heterocycles. The molecule has 0 aliphatic rings. The van der Waals surface area contributed by atoms with Gasteiger partial charge in [-0.15, -0.1) is 0 Å². The maximum atomic E-state index is 14.6. The Hall–Kier alpha value is -4.52. The van der Waals surface area contributed by atoms with E-state index in [-0.39, 0.29) is 17.1 Å². The normalized spacial score (nSPS) is 10.6. The van der Waals surface area contributed by atoms with Gasteiger partial charge in [0, 0.05) is 23.3 Å². The van der Waals surface area contributed by atoms with Crippen LogP contribution < -0.4 is 9.47 Å². The first-order valence-corrected chi connectivity index (χ1v) is 10.0. The minimum Gasteiger partial charge on any atom is -0.462 e. The van der Waals surface area contributed by atoms with Gasteiger partial charge in [-0.2, -0.15) is 0 Å². The summed E-state index contributed by atoms with van der Waals surface area (Å²) in [5.41, 5.74) is 2.37. The van der Waals surface area contributed by atoms with E-state index in [1.165, 1.54) is 25.1 Å². The van der Waals surface area contributed by atoms with Crippen LogP contribution in [0.4, 0.5) is 8.78 Å². The molecule has 3 aromatic rings. The van der Waals surface area contributed by atoms with Crippen molar-refractivity contribution in [2.75, 3.05) is 0 Å².